The number of rotatable bonds is 3. The van der Waals surface area contributed by atoms with E-state index < -0.39 is 10.1 Å². The molecule has 18 heavy (non-hydrogen) atoms. The Morgan fingerprint density at radius 2 is 1.78 bits per heavy atom. The molecule has 1 aromatic rings. The molecular weight excluding hydrogens is 250 g/mol. The average molecular weight is 269 g/mol. The number of hydrogen-bond donors (Lipinski definition) is 1. The van der Waals surface area contributed by atoms with Crippen molar-refractivity contribution in [2.75, 3.05) is 13.1 Å². The average Bonchev–Trinajstić information content (AvgIpc) is 2.32. The molecule has 0 amide bonds. The number of benzene rings is 1. The Morgan fingerprint density at radius 1 is 1.22 bits per heavy atom. The van der Waals surface area contributed by atoms with Crippen LogP contribution < -0.4 is 0 Å². The molecule has 0 unspecified atom stereocenters. The van der Waals surface area contributed by atoms with Crippen LogP contribution in [0.15, 0.2) is 29.2 Å². The zero-order valence-corrected chi connectivity index (χ0v) is 11.4. The molecule has 1 aliphatic heterocycles. The van der Waals surface area contributed by atoms with Crippen molar-refractivity contribution in [3.63, 3.8) is 0 Å². The maximum atomic E-state index is 10.9. The van der Waals surface area contributed by atoms with Gasteiger partial charge in [-0.25, -0.2) is 0 Å². The largest absolute Gasteiger partial charge is 0.299 e. The standard InChI is InChI=1S/C13H19NO3S/c1-11-6-8-14(9-7-11)10-12-2-4-13(5-3-12)18(15,16)17/h2-5,11H,6-10H2,1H3,(H,15,16,17). The molecule has 1 fully saturated rings. The van der Waals surface area contributed by atoms with Crippen molar-refractivity contribution in [2.45, 2.75) is 31.2 Å². The molecule has 0 aliphatic carbocycles. The van der Waals surface area contributed by atoms with Crippen LogP contribution in [0.1, 0.15) is 25.3 Å². The molecule has 0 radical (unpaired) electrons. The molecule has 5 heteroatoms. The zero-order chi connectivity index (χ0) is 13.2. The lowest BCUT2D eigenvalue weighted by molar-refractivity contribution is 0.185. The van der Waals surface area contributed by atoms with Crippen molar-refractivity contribution in [3.8, 4) is 0 Å². The summed E-state index contributed by atoms with van der Waals surface area (Å²) in [6, 6.07) is 6.44. The summed E-state index contributed by atoms with van der Waals surface area (Å²) in [7, 11) is -4.07. The maximum absolute atomic E-state index is 10.9. The summed E-state index contributed by atoms with van der Waals surface area (Å²) in [6.07, 6.45) is 2.45. The molecular formula is C13H19NO3S. The molecule has 1 aromatic carbocycles. The predicted molar refractivity (Wildman–Crippen MR) is 69.9 cm³/mol. The lowest BCUT2D eigenvalue weighted by Gasteiger charge is -2.30. The molecule has 2 rings (SSSR count). The van der Waals surface area contributed by atoms with Crippen LogP contribution in [-0.4, -0.2) is 31.0 Å². The maximum Gasteiger partial charge on any atom is 0.294 e. The molecule has 0 aromatic heterocycles. The molecule has 4 nitrogen and oxygen atoms in total. The Bertz CT molecular complexity index is 487. The first-order valence-corrected chi connectivity index (χ1v) is 7.68. The van der Waals surface area contributed by atoms with Gasteiger partial charge >= 0.3 is 0 Å². The van der Waals surface area contributed by atoms with Gasteiger partial charge in [0.2, 0.25) is 0 Å². The van der Waals surface area contributed by atoms with Crippen LogP contribution in [-0.2, 0) is 16.7 Å². The van der Waals surface area contributed by atoms with E-state index in [2.05, 4.69) is 11.8 Å². The van der Waals surface area contributed by atoms with E-state index in [0.717, 1.165) is 31.1 Å². The quantitative estimate of drug-likeness (QED) is 0.854. The van der Waals surface area contributed by atoms with Crippen molar-refractivity contribution in [1.29, 1.82) is 0 Å². The SMILES string of the molecule is CC1CCN(Cc2ccc(S(=O)(=O)O)cc2)CC1. The van der Waals surface area contributed by atoms with E-state index in [1.807, 2.05) is 0 Å². The first kappa shape index (κ1) is 13.5. The van der Waals surface area contributed by atoms with Crippen LogP contribution in [0.3, 0.4) is 0 Å². The molecule has 0 bridgehead atoms. The Morgan fingerprint density at radius 3 is 2.28 bits per heavy atom. The Kier molecular flexibility index (Phi) is 4.04. The highest BCUT2D eigenvalue weighted by atomic mass is 32.2. The van der Waals surface area contributed by atoms with Gasteiger partial charge < -0.3 is 0 Å². The fourth-order valence-corrected chi connectivity index (χ4v) is 2.73. The molecule has 100 valence electrons. The van der Waals surface area contributed by atoms with E-state index in [1.165, 1.54) is 25.0 Å². The molecule has 1 heterocycles. The van der Waals surface area contributed by atoms with Crippen LogP contribution >= 0.6 is 0 Å². The first-order valence-electron chi connectivity index (χ1n) is 6.24. The minimum absolute atomic E-state index is 0.0430. The minimum atomic E-state index is -4.07. The van der Waals surface area contributed by atoms with Crippen LogP contribution in [0.25, 0.3) is 0 Å². The van der Waals surface area contributed by atoms with Crippen LogP contribution in [0.4, 0.5) is 0 Å². The van der Waals surface area contributed by atoms with Crippen LogP contribution in [0, 0.1) is 5.92 Å². The highest BCUT2D eigenvalue weighted by Gasteiger charge is 2.16. The summed E-state index contributed by atoms with van der Waals surface area (Å²) >= 11 is 0. The van der Waals surface area contributed by atoms with E-state index in [1.54, 1.807) is 12.1 Å². The fourth-order valence-electron chi connectivity index (χ4n) is 2.25. The molecule has 0 spiro atoms. The third-order valence-corrected chi connectivity index (χ3v) is 4.37. The van der Waals surface area contributed by atoms with E-state index >= 15 is 0 Å². The molecule has 0 saturated carbocycles. The van der Waals surface area contributed by atoms with Gasteiger partial charge in [0.15, 0.2) is 0 Å². The second-order valence-corrected chi connectivity index (χ2v) is 6.50. The van der Waals surface area contributed by atoms with Crippen molar-refractivity contribution in [3.05, 3.63) is 29.8 Å². The minimum Gasteiger partial charge on any atom is -0.299 e. The number of likely N-dealkylation sites (tertiary alicyclic amines) is 1. The van der Waals surface area contributed by atoms with Gasteiger partial charge in [-0.05, 0) is 49.5 Å². The summed E-state index contributed by atoms with van der Waals surface area (Å²) in [4.78, 5) is 2.33. The van der Waals surface area contributed by atoms with Crippen molar-refractivity contribution < 1.29 is 13.0 Å². The number of hydrogen-bond acceptors (Lipinski definition) is 3. The molecule has 1 saturated heterocycles. The van der Waals surface area contributed by atoms with E-state index in [0.29, 0.717) is 0 Å². The Hall–Kier alpha value is -0.910. The summed E-state index contributed by atoms with van der Waals surface area (Å²) in [5.41, 5.74) is 1.08. The van der Waals surface area contributed by atoms with Crippen LogP contribution in [0.2, 0.25) is 0 Å². The van der Waals surface area contributed by atoms with E-state index in [4.69, 9.17) is 4.55 Å². The summed E-state index contributed by atoms with van der Waals surface area (Å²) < 4.78 is 30.7. The summed E-state index contributed by atoms with van der Waals surface area (Å²) in [5.74, 6) is 0.808. The number of piperidine rings is 1. The fraction of sp³-hybridized carbons (Fsp3) is 0.538. The normalized spacial score (nSPS) is 19.0. The van der Waals surface area contributed by atoms with Gasteiger partial charge in [0, 0.05) is 6.54 Å². The van der Waals surface area contributed by atoms with Gasteiger partial charge in [0.1, 0.15) is 0 Å². The Labute approximate surface area is 108 Å². The third kappa shape index (κ3) is 3.54. The zero-order valence-electron chi connectivity index (χ0n) is 10.5. The lowest BCUT2D eigenvalue weighted by Crippen LogP contribution is -2.32. The van der Waals surface area contributed by atoms with Gasteiger partial charge in [-0.15, -0.1) is 0 Å². The summed E-state index contributed by atoms with van der Waals surface area (Å²) in [6.45, 7) is 5.32. The molecule has 0 atom stereocenters. The molecule has 1 N–H and O–H groups in total. The van der Waals surface area contributed by atoms with Gasteiger partial charge in [-0.3, -0.25) is 9.45 Å². The second kappa shape index (κ2) is 5.38. The smallest absolute Gasteiger partial charge is 0.294 e. The highest BCUT2D eigenvalue weighted by Crippen LogP contribution is 2.18. The first-order chi connectivity index (χ1) is 8.45. The predicted octanol–water partition coefficient (Wildman–Crippen LogP) is 2.17. The molecule has 1 aliphatic rings. The van der Waals surface area contributed by atoms with E-state index in [9.17, 15) is 8.42 Å². The highest BCUT2D eigenvalue weighted by molar-refractivity contribution is 7.85. The summed E-state index contributed by atoms with van der Waals surface area (Å²) in [5, 5.41) is 0. The lowest BCUT2D eigenvalue weighted by atomic mass is 9.99. The third-order valence-electron chi connectivity index (χ3n) is 3.50. The topological polar surface area (TPSA) is 57.6 Å². The van der Waals surface area contributed by atoms with Gasteiger partial charge in [0.05, 0.1) is 4.90 Å². The van der Waals surface area contributed by atoms with Crippen molar-refractivity contribution in [1.82, 2.24) is 4.90 Å². The van der Waals surface area contributed by atoms with Gasteiger partial charge in [0.25, 0.3) is 10.1 Å². The second-order valence-electron chi connectivity index (χ2n) is 5.08. The van der Waals surface area contributed by atoms with E-state index in [-0.39, 0.29) is 4.90 Å². The monoisotopic (exact) mass is 269 g/mol. The Balaban J connectivity index is 1.98. The van der Waals surface area contributed by atoms with Crippen LogP contribution in [0.5, 0.6) is 0 Å². The van der Waals surface area contributed by atoms with Crippen molar-refractivity contribution in [2.24, 2.45) is 5.92 Å². The van der Waals surface area contributed by atoms with Gasteiger partial charge in [-0.1, -0.05) is 19.1 Å². The van der Waals surface area contributed by atoms with Gasteiger partial charge in [-0.2, -0.15) is 8.42 Å². The van der Waals surface area contributed by atoms with Crippen molar-refractivity contribution >= 4 is 10.1 Å². The number of nitrogens with zero attached hydrogens (tertiary/aromatic N) is 1.